The molecule has 1 unspecified atom stereocenters. The van der Waals surface area contributed by atoms with Gasteiger partial charge in [0.15, 0.2) is 0 Å². The lowest BCUT2D eigenvalue weighted by molar-refractivity contribution is -0.0646. The van der Waals surface area contributed by atoms with Crippen molar-refractivity contribution in [2.24, 2.45) is 0 Å². The lowest BCUT2D eigenvalue weighted by Gasteiger charge is -2.41. The van der Waals surface area contributed by atoms with Crippen LogP contribution in [0.1, 0.15) is 38.5 Å². The average Bonchev–Trinajstić information content (AvgIpc) is 2.27. The highest BCUT2D eigenvalue weighted by Gasteiger charge is 2.38. The summed E-state index contributed by atoms with van der Waals surface area (Å²) in [7, 11) is 3.78. The van der Waals surface area contributed by atoms with E-state index in [1.165, 1.54) is 19.3 Å². The zero-order valence-electron chi connectivity index (χ0n) is 9.31. The summed E-state index contributed by atoms with van der Waals surface area (Å²) in [6.45, 7) is 0. The summed E-state index contributed by atoms with van der Waals surface area (Å²) in [5.74, 6) is 2.73. The Balaban J connectivity index is 2.69. The maximum atomic E-state index is 5.73. The van der Waals surface area contributed by atoms with Crippen LogP contribution in [-0.2, 0) is 4.74 Å². The van der Waals surface area contributed by atoms with Crippen LogP contribution in [0.5, 0.6) is 0 Å². The first kappa shape index (κ1) is 11.6. The van der Waals surface area contributed by atoms with Crippen LogP contribution in [-0.4, -0.2) is 25.8 Å². The van der Waals surface area contributed by atoms with Gasteiger partial charge in [0.1, 0.15) is 0 Å². The number of nitrogens with one attached hydrogen (secondary N) is 1. The van der Waals surface area contributed by atoms with Crippen molar-refractivity contribution in [3.05, 3.63) is 0 Å². The molecule has 1 N–H and O–H groups in total. The topological polar surface area (TPSA) is 21.3 Å². The third-order valence-corrected chi connectivity index (χ3v) is 3.41. The Hall–Kier alpha value is -0.520. The largest absolute Gasteiger partial charge is 0.377 e. The van der Waals surface area contributed by atoms with Gasteiger partial charge in [0.05, 0.1) is 5.60 Å². The fourth-order valence-corrected chi connectivity index (χ4v) is 2.51. The maximum Gasteiger partial charge on any atom is 0.0840 e. The minimum Gasteiger partial charge on any atom is -0.377 e. The van der Waals surface area contributed by atoms with E-state index in [0.717, 1.165) is 19.3 Å². The summed E-state index contributed by atoms with van der Waals surface area (Å²) < 4.78 is 5.73. The molecule has 2 nitrogen and oxygen atoms in total. The smallest absolute Gasteiger partial charge is 0.0840 e. The van der Waals surface area contributed by atoms with Gasteiger partial charge in [0.2, 0.25) is 0 Å². The van der Waals surface area contributed by atoms with Gasteiger partial charge in [-0.2, -0.15) is 0 Å². The fraction of sp³-hybridized carbons (Fsp3) is 0.833. The molecule has 0 saturated heterocycles. The Morgan fingerprint density at radius 3 is 2.50 bits per heavy atom. The molecule has 0 aliphatic heterocycles. The van der Waals surface area contributed by atoms with Crippen molar-refractivity contribution in [3.63, 3.8) is 0 Å². The van der Waals surface area contributed by atoms with Crippen molar-refractivity contribution in [3.8, 4) is 12.3 Å². The number of hydrogen-bond donors (Lipinski definition) is 1. The van der Waals surface area contributed by atoms with Crippen molar-refractivity contribution < 1.29 is 4.74 Å². The van der Waals surface area contributed by atoms with E-state index in [1.807, 2.05) is 14.2 Å². The molecule has 0 aromatic carbocycles. The molecule has 0 spiro atoms. The third-order valence-electron chi connectivity index (χ3n) is 3.41. The fourth-order valence-electron chi connectivity index (χ4n) is 2.51. The molecule has 0 heterocycles. The van der Waals surface area contributed by atoms with Crippen molar-refractivity contribution >= 4 is 0 Å². The molecular weight excluding hydrogens is 174 g/mol. The molecule has 0 aromatic rings. The van der Waals surface area contributed by atoms with E-state index in [1.54, 1.807) is 0 Å². The van der Waals surface area contributed by atoms with Crippen LogP contribution in [0.2, 0.25) is 0 Å². The van der Waals surface area contributed by atoms with Gasteiger partial charge in [-0.3, -0.25) is 0 Å². The minimum absolute atomic E-state index is 0.0145. The predicted molar refractivity (Wildman–Crippen MR) is 59.1 cm³/mol. The quantitative estimate of drug-likeness (QED) is 0.692. The van der Waals surface area contributed by atoms with E-state index < -0.39 is 0 Å². The highest BCUT2D eigenvalue weighted by molar-refractivity contribution is 5.01. The van der Waals surface area contributed by atoms with Crippen molar-refractivity contribution in [2.45, 2.75) is 50.2 Å². The Morgan fingerprint density at radius 1 is 1.43 bits per heavy atom. The molecule has 0 amide bonds. The van der Waals surface area contributed by atoms with E-state index in [-0.39, 0.29) is 5.60 Å². The van der Waals surface area contributed by atoms with Crippen LogP contribution in [0.15, 0.2) is 0 Å². The van der Waals surface area contributed by atoms with Crippen LogP contribution in [0.4, 0.5) is 0 Å². The van der Waals surface area contributed by atoms with E-state index in [0.29, 0.717) is 6.04 Å². The first-order chi connectivity index (χ1) is 6.79. The molecule has 14 heavy (non-hydrogen) atoms. The lowest BCUT2D eigenvalue weighted by atomic mass is 9.78. The lowest BCUT2D eigenvalue weighted by Crippen LogP contribution is -2.52. The van der Waals surface area contributed by atoms with Crippen molar-refractivity contribution in [2.75, 3.05) is 14.2 Å². The second kappa shape index (κ2) is 5.38. The van der Waals surface area contributed by atoms with Gasteiger partial charge in [0.25, 0.3) is 0 Å². The summed E-state index contributed by atoms with van der Waals surface area (Å²) in [6, 6.07) is 0.304. The Labute approximate surface area is 87.4 Å². The molecule has 2 heteroatoms. The van der Waals surface area contributed by atoms with E-state index in [9.17, 15) is 0 Å². The number of methoxy groups -OCH3 is 1. The van der Waals surface area contributed by atoms with Gasteiger partial charge in [-0.25, -0.2) is 0 Å². The maximum absolute atomic E-state index is 5.73. The van der Waals surface area contributed by atoms with E-state index in [2.05, 4.69) is 11.2 Å². The molecule has 1 aliphatic rings. The zero-order valence-corrected chi connectivity index (χ0v) is 9.31. The van der Waals surface area contributed by atoms with E-state index in [4.69, 9.17) is 11.2 Å². The first-order valence-corrected chi connectivity index (χ1v) is 5.45. The number of terminal acetylenes is 1. The molecule has 1 fully saturated rings. The predicted octanol–water partition coefficient (Wildman–Crippen LogP) is 1.95. The molecule has 1 atom stereocenters. The molecule has 1 saturated carbocycles. The molecule has 0 radical (unpaired) electrons. The van der Waals surface area contributed by atoms with Gasteiger partial charge in [0, 0.05) is 19.6 Å². The van der Waals surface area contributed by atoms with Gasteiger partial charge in [-0.05, 0) is 19.9 Å². The number of likely N-dealkylation sites (N-methyl/N-ethyl adjacent to an activating group) is 1. The zero-order chi connectivity index (χ0) is 10.4. The second-order valence-corrected chi connectivity index (χ2v) is 4.08. The molecular formula is C12H21NO. The SMILES string of the molecule is C#CCC(NC)C1(OC)CCCCC1. The average molecular weight is 195 g/mol. The second-order valence-electron chi connectivity index (χ2n) is 4.08. The van der Waals surface area contributed by atoms with Crippen LogP contribution >= 0.6 is 0 Å². The highest BCUT2D eigenvalue weighted by atomic mass is 16.5. The summed E-state index contributed by atoms with van der Waals surface area (Å²) >= 11 is 0. The first-order valence-electron chi connectivity index (χ1n) is 5.45. The Bertz CT molecular complexity index is 201. The summed E-state index contributed by atoms with van der Waals surface area (Å²) in [5, 5.41) is 3.30. The van der Waals surface area contributed by atoms with Crippen molar-refractivity contribution in [1.82, 2.24) is 5.32 Å². The monoisotopic (exact) mass is 195 g/mol. The van der Waals surface area contributed by atoms with Gasteiger partial charge in [-0.15, -0.1) is 12.3 Å². The Morgan fingerprint density at radius 2 is 2.07 bits per heavy atom. The third kappa shape index (κ3) is 2.29. The van der Waals surface area contributed by atoms with Crippen molar-refractivity contribution in [1.29, 1.82) is 0 Å². The molecule has 0 aromatic heterocycles. The number of hydrogen-bond acceptors (Lipinski definition) is 2. The highest BCUT2D eigenvalue weighted by Crippen LogP contribution is 2.34. The van der Waals surface area contributed by atoms with Crippen LogP contribution in [0, 0.1) is 12.3 Å². The molecule has 1 rings (SSSR count). The molecule has 0 bridgehead atoms. The Kier molecular flexibility index (Phi) is 4.44. The summed E-state index contributed by atoms with van der Waals surface area (Å²) in [5.41, 5.74) is -0.0145. The van der Waals surface area contributed by atoms with Crippen LogP contribution in [0.3, 0.4) is 0 Å². The van der Waals surface area contributed by atoms with E-state index >= 15 is 0 Å². The van der Waals surface area contributed by atoms with Gasteiger partial charge < -0.3 is 10.1 Å². The molecule has 1 aliphatic carbocycles. The summed E-state index contributed by atoms with van der Waals surface area (Å²) in [4.78, 5) is 0. The summed E-state index contributed by atoms with van der Waals surface area (Å²) in [6.07, 6.45) is 12.3. The van der Waals surface area contributed by atoms with Crippen LogP contribution in [0.25, 0.3) is 0 Å². The van der Waals surface area contributed by atoms with Gasteiger partial charge in [-0.1, -0.05) is 19.3 Å². The van der Waals surface area contributed by atoms with Gasteiger partial charge >= 0.3 is 0 Å². The normalized spacial score (nSPS) is 22.6. The van der Waals surface area contributed by atoms with Crippen LogP contribution < -0.4 is 5.32 Å². The number of rotatable bonds is 4. The standard InChI is InChI=1S/C12H21NO/c1-4-8-11(13-2)12(14-3)9-6-5-7-10-12/h1,11,13H,5-10H2,2-3H3. The molecule has 80 valence electrons. The minimum atomic E-state index is -0.0145. The number of ether oxygens (including phenoxy) is 1.